The van der Waals surface area contributed by atoms with Crippen LogP contribution in [0.3, 0.4) is 0 Å². The van der Waals surface area contributed by atoms with Crippen LogP contribution in [0.1, 0.15) is 16.1 Å². The van der Waals surface area contributed by atoms with Gasteiger partial charge in [-0.3, -0.25) is 0 Å². The van der Waals surface area contributed by atoms with Crippen molar-refractivity contribution in [1.82, 2.24) is 4.98 Å². The molecule has 3 nitrogen and oxygen atoms in total. The first-order valence-corrected chi connectivity index (χ1v) is 7.01. The number of fused-ring (bicyclic) bond motifs is 1. The molecule has 0 fully saturated rings. The van der Waals surface area contributed by atoms with E-state index in [-0.39, 0.29) is 12.6 Å². The van der Waals surface area contributed by atoms with Crippen molar-refractivity contribution in [2.24, 2.45) is 0 Å². The number of carbonyl (C=O) groups excluding carboxylic acids is 1. The smallest absolute Gasteiger partial charge is 0.355 e. The Balaban J connectivity index is 1.75. The molecule has 0 atom stereocenters. The molecule has 1 heterocycles. The second kappa shape index (κ2) is 5.51. The molecule has 0 aliphatic rings. The summed E-state index contributed by atoms with van der Waals surface area (Å²) in [6, 6.07) is 17.2. The number of hydrogen-bond acceptors (Lipinski definition) is 2. The summed E-state index contributed by atoms with van der Waals surface area (Å²) in [4.78, 5) is 15.1. The van der Waals surface area contributed by atoms with E-state index >= 15 is 0 Å². The molecular formula is C16H12BrNO2. The molecular weight excluding hydrogens is 318 g/mol. The Kier molecular flexibility index (Phi) is 3.56. The fourth-order valence-electron chi connectivity index (χ4n) is 2.02. The van der Waals surface area contributed by atoms with Gasteiger partial charge in [0.2, 0.25) is 0 Å². The van der Waals surface area contributed by atoms with Crippen molar-refractivity contribution >= 4 is 32.8 Å². The molecule has 0 saturated heterocycles. The number of esters is 1. The highest BCUT2D eigenvalue weighted by molar-refractivity contribution is 9.10. The van der Waals surface area contributed by atoms with Crippen LogP contribution in [0.2, 0.25) is 0 Å². The summed E-state index contributed by atoms with van der Waals surface area (Å²) in [5, 5.41) is 1.00. The summed E-state index contributed by atoms with van der Waals surface area (Å²) in [6.45, 7) is 0.246. The van der Waals surface area contributed by atoms with Crippen LogP contribution in [-0.4, -0.2) is 11.0 Å². The van der Waals surface area contributed by atoms with E-state index in [1.807, 2.05) is 48.5 Å². The third-order valence-electron chi connectivity index (χ3n) is 3.07. The van der Waals surface area contributed by atoms with E-state index in [1.54, 1.807) is 6.07 Å². The number of carbonyl (C=O) groups is 1. The molecule has 0 aliphatic carbocycles. The molecule has 0 spiro atoms. The predicted octanol–water partition coefficient (Wildman–Crippen LogP) is 4.29. The maximum atomic E-state index is 12.0. The minimum atomic E-state index is -0.350. The van der Waals surface area contributed by atoms with Gasteiger partial charge in [0, 0.05) is 20.9 Å². The van der Waals surface area contributed by atoms with Crippen molar-refractivity contribution in [3.05, 3.63) is 70.3 Å². The zero-order valence-corrected chi connectivity index (χ0v) is 12.2. The van der Waals surface area contributed by atoms with Crippen LogP contribution in [0.4, 0.5) is 0 Å². The standard InChI is InChI=1S/C16H12BrNO2/c17-13-7-3-1-6-12(13)10-20-16(19)15-9-11-5-2-4-8-14(11)18-15/h1-9,18H,10H2. The highest BCUT2D eigenvalue weighted by Crippen LogP contribution is 2.19. The quantitative estimate of drug-likeness (QED) is 0.728. The number of aromatic amines is 1. The van der Waals surface area contributed by atoms with E-state index in [1.165, 1.54) is 0 Å². The highest BCUT2D eigenvalue weighted by Gasteiger charge is 2.11. The molecule has 1 aromatic heterocycles. The van der Waals surface area contributed by atoms with Crippen LogP contribution < -0.4 is 0 Å². The summed E-state index contributed by atoms with van der Waals surface area (Å²) in [6.07, 6.45) is 0. The summed E-state index contributed by atoms with van der Waals surface area (Å²) < 4.78 is 6.26. The second-order valence-corrected chi connectivity index (χ2v) is 5.29. The molecule has 1 N–H and O–H groups in total. The van der Waals surface area contributed by atoms with E-state index in [2.05, 4.69) is 20.9 Å². The van der Waals surface area contributed by atoms with Crippen LogP contribution in [0.25, 0.3) is 10.9 Å². The average molecular weight is 330 g/mol. The highest BCUT2D eigenvalue weighted by atomic mass is 79.9. The SMILES string of the molecule is O=C(OCc1ccccc1Br)c1cc2ccccc2[nH]1. The largest absolute Gasteiger partial charge is 0.456 e. The van der Waals surface area contributed by atoms with Gasteiger partial charge in [-0.2, -0.15) is 0 Å². The number of aromatic nitrogens is 1. The molecule has 100 valence electrons. The third kappa shape index (κ3) is 2.60. The molecule has 0 aliphatic heterocycles. The Bertz CT molecular complexity index is 731. The van der Waals surface area contributed by atoms with Crippen molar-refractivity contribution < 1.29 is 9.53 Å². The molecule has 0 radical (unpaired) electrons. The van der Waals surface area contributed by atoms with Crippen LogP contribution in [0.5, 0.6) is 0 Å². The number of H-pyrrole nitrogens is 1. The van der Waals surface area contributed by atoms with Gasteiger partial charge < -0.3 is 9.72 Å². The zero-order chi connectivity index (χ0) is 13.9. The van der Waals surface area contributed by atoms with E-state index < -0.39 is 0 Å². The van der Waals surface area contributed by atoms with Crippen molar-refractivity contribution in [2.75, 3.05) is 0 Å². The first-order chi connectivity index (χ1) is 9.74. The van der Waals surface area contributed by atoms with Crippen molar-refractivity contribution in [2.45, 2.75) is 6.61 Å². The first-order valence-electron chi connectivity index (χ1n) is 6.22. The van der Waals surface area contributed by atoms with Gasteiger partial charge in [-0.05, 0) is 18.2 Å². The normalized spacial score (nSPS) is 10.7. The summed E-state index contributed by atoms with van der Waals surface area (Å²) in [5.74, 6) is -0.350. The molecule has 3 aromatic rings. The third-order valence-corrected chi connectivity index (χ3v) is 3.84. The van der Waals surface area contributed by atoms with Crippen LogP contribution >= 0.6 is 15.9 Å². The Morgan fingerprint density at radius 1 is 1.10 bits per heavy atom. The Morgan fingerprint density at radius 2 is 1.85 bits per heavy atom. The van der Waals surface area contributed by atoms with Gasteiger partial charge in [0.15, 0.2) is 0 Å². The van der Waals surface area contributed by atoms with Gasteiger partial charge in [0.25, 0.3) is 0 Å². The lowest BCUT2D eigenvalue weighted by molar-refractivity contribution is 0.0466. The topological polar surface area (TPSA) is 42.1 Å². The van der Waals surface area contributed by atoms with E-state index in [0.29, 0.717) is 5.69 Å². The Hall–Kier alpha value is -2.07. The van der Waals surface area contributed by atoms with Crippen LogP contribution in [-0.2, 0) is 11.3 Å². The lowest BCUT2D eigenvalue weighted by Gasteiger charge is -2.05. The minimum absolute atomic E-state index is 0.246. The number of hydrogen-bond donors (Lipinski definition) is 1. The fraction of sp³-hybridized carbons (Fsp3) is 0.0625. The maximum absolute atomic E-state index is 12.0. The Labute approximate surface area is 124 Å². The summed E-state index contributed by atoms with van der Waals surface area (Å²) >= 11 is 3.43. The number of para-hydroxylation sites is 1. The Morgan fingerprint density at radius 3 is 2.65 bits per heavy atom. The zero-order valence-electron chi connectivity index (χ0n) is 10.6. The minimum Gasteiger partial charge on any atom is -0.456 e. The monoisotopic (exact) mass is 329 g/mol. The number of ether oxygens (including phenoxy) is 1. The second-order valence-electron chi connectivity index (χ2n) is 4.44. The van der Waals surface area contributed by atoms with Crippen LogP contribution in [0.15, 0.2) is 59.1 Å². The number of nitrogens with one attached hydrogen (secondary N) is 1. The summed E-state index contributed by atoms with van der Waals surface area (Å²) in [7, 11) is 0. The average Bonchev–Trinajstić information content (AvgIpc) is 2.90. The van der Waals surface area contributed by atoms with Gasteiger partial charge in [-0.25, -0.2) is 4.79 Å². The van der Waals surface area contributed by atoms with Crippen LogP contribution in [0, 0.1) is 0 Å². The fourth-order valence-corrected chi connectivity index (χ4v) is 2.42. The van der Waals surface area contributed by atoms with E-state index in [9.17, 15) is 4.79 Å². The molecule has 0 unspecified atom stereocenters. The molecule has 0 saturated carbocycles. The van der Waals surface area contributed by atoms with Gasteiger partial charge in [0.1, 0.15) is 12.3 Å². The first kappa shape index (κ1) is 12.9. The molecule has 4 heteroatoms. The van der Waals surface area contributed by atoms with Gasteiger partial charge in [0.05, 0.1) is 0 Å². The molecule has 0 bridgehead atoms. The molecule has 20 heavy (non-hydrogen) atoms. The number of benzene rings is 2. The van der Waals surface area contributed by atoms with Gasteiger partial charge >= 0.3 is 5.97 Å². The van der Waals surface area contributed by atoms with Gasteiger partial charge in [-0.15, -0.1) is 0 Å². The molecule has 0 amide bonds. The maximum Gasteiger partial charge on any atom is 0.355 e. The van der Waals surface area contributed by atoms with E-state index in [0.717, 1.165) is 20.9 Å². The van der Waals surface area contributed by atoms with E-state index in [4.69, 9.17) is 4.74 Å². The summed E-state index contributed by atoms with van der Waals surface area (Å²) in [5.41, 5.74) is 2.34. The molecule has 3 rings (SSSR count). The van der Waals surface area contributed by atoms with Crippen molar-refractivity contribution in [3.8, 4) is 0 Å². The van der Waals surface area contributed by atoms with Gasteiger partial charge in [-0.1, -0.05) is 52.3 Å². The lowest BCUT2D eigenvalue weighted by atomic mass is 10.2. The number of halogens is 1. The molecule has 2 aromatic carbocycles. The predicted molar refractivity (Wildman–Crippen MR) is 81.6 cm³/mol. The number of rotatable bonds is 3. The lowest BCUT2D eigenvalue weighted by Crippen LogP contribution is -2.05. The van der Waals surface area contributed by atoms with Crippen molar-refractivity contribution in [1.29, 1.82) is 0 Å². The van der Waals surface area contributed by atoms with Crippen molar-refractivity contribution in [3.63, 3.8) is 0 Å².